The van der Waals surface area contributed by atoms with E-state index in [-0.39, 0.29) is 0 Å². The molecule has 0 saturated heterocycles. The highest BCUT2D eigenvalue weighted by Crippen LogP contribution is 2.47. The predicted octanol–water partition coefficient (Wildman–Crippen LogP) is 5.80. The summed E-state index contributed by atoms with van der Waals surface area (Å²) in [5.41, 5.74) is 3.44. The molecule has 2 aromatic heterocycles. The lowest BCUT2D eigenvalue weighted by Gasteiger charge is -2.28. The Kier molecular flexibility index (Phi) is 4.20. The molecule has 0 saturated carbocycles. The van der Waals surface area contributed by atoms with Gasteiger partial charge in [0.1, 0.15) is 11.4 Å². The van der Waals surface area contributed by atoms with Crippen molar-refractivity contribution in [2.45, 2.75) is 12.8 Å². The molecule has 0 spiro atoms. The average molecular weight is 441 g/mol. The average Bonchev–Trinajstić information content (AvgIpc) is 3.16. The highest BCUT2D eigenvalue weighted by molar-refractivity contribution is 5.96. The second kappa shape index (κ2) is 7.13. The highest BCUT2D eigenvalue weighted by Gasteiger charge is 2.37. The number of rotatable bonds is 2. The number of hydrogen-bond donors (Lipinski definition) is 1. The van der Waals surface area contributed by atoms with Crippen molar-refractivity contribution in [1.29, 1.82) is 0 Å². The minimum Gasteiger partial charge on any atom is -0.422 e. The van der Waals surface area contributed by atoms with Gasteiger partial charge < -0.3 is 9.73 Å². The maximum atomic E-state index is 14.3. The van der Waals surface area contributed by atoms with Crippen LogP contribution in [0.25, 0.3) is 16.7 Å². The van der Waals surface area contributed by atoms with Crippen LogP contribution in [0, 0.1) is 18.6 Å². The number of aryl methyl sites for hydroxylation is 1. The second-order valence-corrected chi connectivity index (χ2v) is 8.00. The Balaban J connectivity index is 1.71. The normalized spacial score (nSPS) is 14.6. The number of aromatic nitrogens is 2. The molecule has 6 rings (SSSR count). The summed E-state index contributed by atoms with van der Waals surface area (Å²) in [7, 11) is 0. The number of benzene rings is 3. The number of anilines is 2. The van der Waals surface area contributed by atoms with E-state index in [0.29, 0.717) is 44.9 Å². The van der Waals surface area contributed by atoms with Crippen molar-refractivity contribution in [3.8, 4) is 5.69 Å². The Morgan fingerprint density at radius 2 is 1.70 bits per heavy atom. The summed E-state index contributed by atoms with van der Waals surface area (Å²) < 4.78 is 35.5. The molecule has 1 atom stereocenters. The Hall–Kier alpha value is -4.26. The molecule has 0 radical (unpaired) electrons. The number of para-hydroxylation sites is 2. The van der Waals surface area contributed by atoms with Gasteiger partial charge in [-0.3, -0.25) is 0 Å². The number of hydrogen-bond acceptors (Lipinski definition) is 4. The van der Waals surface area contributed by atoms with Crippen LogP contribution in [0.15, 0.2) is 82.0 Å². The predicted molar refractivity (Wildman–Crippen MR) is 121 cm³/mol. The smallest absolute Gasteiger partial charge is 0.342 e. The largest absolute Gasteiger partial charge is 0.422 e. The van der Waals surface area contributed by atoms with Crippen LogP contribution in [-0.4, -0.2) is 9.78 Å². The van der Waals surface area contributed by atoms with Crippen molar-refractivity contribution in [2.24, 2.45) is 0 Å². The van der Waals surface area contributed by atoms with E-state index < -0.39 is 23.2 Å². The van der Waals surface area contributed by atoms with Crippen LogP contribution in [-0.2, 0) is 0 Å². The van der Waals surface area contributed by atoms with Crippen LogP contribution in [0.4, 0.5) is 20.3 Å². The van der Waals surface area contributed by atoms with Crippen molar-refractivity contribution in [2.75, 3.05) is 5.32 Å². The van der Waals surface area contributed by atoms with E-state index in [1.165, 1.54) is 6.07 Å². The number of nitrogens with one attached hydrogen (secondary N) is 1. The molecule has 1 N–H and O–H groups in total. The molecular formula is C26H17F2N3O2. The Morgan fingerprint density at radius 3 is 2.48 bits per heavy atom. The standard InChI is InChI=1S/C26H17F2N3O2/c1-14-21-22(15-11-12-18(27)19(28)13-15)23-24(17-9-5-6-10-20(17)33-26(23)32)29-25(21)31(30-14)16-7-3-2-4-8-16/h2-13,22,29H,1H3/t22-/m0/s1. The van der Waals surface area contributed by atoms with Crippen LogP contribution >= 0.6 is 0 Å². The lowest BCUT2D eigenvalue weighted by Crippen LogP contribution is -2.23. The summed E-state index contributed by atoms with van der Waals surface area (Å²) in [4.78, 5) is 13.2. The van der Waals surface area contributed by atoms with Gasteiger partial charge in [0.25, 0.3) is 0 Å². The first-order valence-electron chi connectivity index (χ1n) is 10.5. The third-order valence-electron chi connectivity index (χ3n) is 6.05. The summed E-state index contributed by atoms with van der Waals surface area (Å²) in [6, 6.07) is 20.5. The quantitative estimate of drug-likeness (QED) is 0.345. The van der Waals surface area contributed by atoms with Gasteiger partial charge >= 0.3 is 5.63 Å². The first-order chi connectivity index (χ1) is 16.0. The zero-order valence-corrected chi connectivity index (χ0v) is 17.5. The van der Waals surface area contributed by atoms with Crippen LogP contribution in [0.2, 0.25) is 0 Å². The van der Waals surface area contributed by atoms with E-state index >= 15 is 0 Å². The molecule has 33 heavy (non-hydrogen) atoms. The van der Waals surface area contributed by atoms with Gasteiger partial charge in [0, 0.05) is 16.9 Å². The van der Waals surface area contributed by atoms with Gasteiger partial charge in [-0.1, -0.05) is 36.4 Å². The zero-order chi connectivity index (χ0) is 22.7. The fourth-order valence-corrected chi connectivity index (χ4v) is 4.61. The Bertz CT molecular complexity index is 1610. The lowest BCUT2D eigenvalue weighted by atomic mass is 9.82. The summed E-state index contributed by atoms with van der Waals surface area (Å²) in [5.74, 6) is -1.95. The third-order valence-corrected chi connectivity index (χ3v) is 6.05. The first-order valence-corrected chi connectivity index (χ1v) is 10.5. The lowest BCUT2D eigenvalue weighted by molar-refractivity contribution is 0.506. The molecule has 5 nitrogen and oxygen atoms in total. The van der Waals surface area contributed by atoms with Crippen molar-refractivity contribution < 1.29 is 13.2 Å². The fraction of sp³-hybridized carbons (Fsp3) is 0.0769. The van der Waals surface area contributed by atoms with Crippen LogP contribution in [0.1, 0.15) is 28.3 Å². The molecule has 0 bridgehead atoms. The van der Waals surface area contributed by atoms with Crippen LogP contribution < -0.4 is 10.9 Å². The zero-order valence-electron chi connectivity index (χ0n) is 17.5. The van der Waals surface area contributed by atoms with E-state index in [2.05, 4.69) is 5.32 Å². The van der Waals surface area contributed by atoms with Gasteiger partial charge in [-0.05, 0) is 48.9 Å². The van der Waals surface area contributed by atoms with Crippen LogP contribution in [0.5, 0.6) is 0 Å². The molecule has 0 amide bonds. The molecule has 1 aliphatic rings. The molecule has 1 aliphatic heterocycles. The van der Waals surface area contributed by atoms with Crippen LogP contribution in [0.3, 0.4) is 0 Å². The summed E-state index contributed by atoms with van der Waals surface area (Å²) in [6.07, 6.45) is 0. The van der Waals surface area contributed by atoms with E-state index in [1.807, 2.05) is 49.4 Å². The first kappa shape index (κ1) is 19.4. The summed E-state index contributed by atoms with van der Waals surface area (Å²) >= 11 is 0. The second-order valence-electron chi connectivity index (χ2n) is 8.00. The van der Waals surface area contributed by atoms with E-state index in [0.717, 1.165) is 17.8 Å². The van der Waals surface area contributed by atoms with Gasteiger partial charge in [0.05, 0.1) is 22.6 Å². The summed E-state index contributed by atoms with van der Waals surface area (Å²) in [5, 5.41) is 8.85. The number of nitrogens with zero attached hydrogens (tertiary/aromatic N) is 2. The van der Waals surface area contributed by atoms with E-state index in [4.69, 9.17) is 9.52 Å². The SMILES string of the molecule is Cc1nn(-c2ccccc2)c2c1[C@H](c1ccc(F)c(F)c1)c1c(c3ccccc3oc1=O)N2. The monoisotopic (exact) mass is 441 g/mol. The van der Waals surface area contributed by atoms with Gasteiger partial charge in [-0.2, -0.15) is 5.10 Å². The molecule has 0 unspecified atom stereocenters. The minimum atomic E-state index is -0.979. The molecule has 5 aromatic rings. The van der Waals surface area contributed by atoms with Gasteiger partial charge in [0.2, 0.25) is 0 Å². The minimum absolute atomic E-state index is 0.336. The van der Waals surface area contributed by atoms with Gasteiger partial charge in [-0.15, -0.1) is 0 Å². The van der Waals surface area contributed by atoms with Crippen molar-refractivity contribution in [3.05, 3.63) is 117 Å². The molecule has 162 valence electrons. The number of halogens is 2. The molecule has 3 aromatic carbocycles. The summed E-state index contributed by atoms with van der Waals surface area (Å²) in [6.45, 7) is 1.83. The molecule has 0 aliphatic carbocycles. The molecular weight excluding hydrogens is 424 g/mol. The van der Waals surface area contributed by atoms with E-state index in [9.17, 15) is 13.6 Å². The molecule has 7 heteroatoms. The van der Waals surface area contributed by atoms with Crippen molar-refractivity contribution >= 4 is 22.5 Å². The Morgan fingerprint density at radius 1 is 0.939 bits per heavy atom. The van der Waals surface area contributed by atoms with E-state index in [1.54, 1.807) is 16.8 Å². The third kappa shape index (κ3) is 2.89. The number of fused-ring (bicyclic) bond motifs is 4. The molecule has 0 fully saturated rings. The Labute approximate surface area is 186 Å². The topological polar surface area (TPSA) is 60.1 Å². The maximum Gasteiger partial charge on any atom is 0.342 e. The maximum absolute atomic E-state index is 14.3. The molecule has 3 heterocycles. The fourth-order valence-electron chi connectivity index (χ4n) is 4.61. The van der Waals surface area contributed by atoms with Crippen molar-refractivity contribution in [3.63, 3.8) is 0 Å². The highest BCUT2D eigenvalue weighted by atomic mass is 19.2. The van der Waals surface area contributed by atoms with Crippen molar-refractivity contribution in [1.82, 2.24) is 9.78 Å². The van der Waals surface area contributed by atoms with Gasteiger partial charge in [0.15, 0.2) is 11.6 Å². The van der Waals surface area contributed by atoms with Gasteiger partial charge in [-0.25, -0.2) is 18.3 Å².